The van der Waals surface area contributed by atoms with Crippen LogP contribution in [0.3, 0.4) is 0 Å². The summed E-state index contributed by atoms with van der Waals surface area (Å²) in [6, 6.07) is 12.5. The fraction of sp³-hybridized carbons (Fsp3) is 0.278. The molecule has 23 heavy (non-hydrogen) atoms. The molecule has 2 aromatic rings. The second-order valence-corrected chi connectivity index (χ2v) is 4.85. The van der Waals surface area contributed by atoms with Gasteiger partial charge in [0.15, 0.2) is 0 Å². The van der Waals surface area contributed by atoms with Crippen molar-refractivity contribution in [1.82, 2.24) is 0 Å². The van der Waals surface area contributed by atoms with Gasteiger partial charge < -0.3 is 19.5 Å². The molecule has 0 spiro atoms. The van der Waals surface area contributed by atoms with E-state index in [-0.39, 0.29) is 5.91 Å². The number of nitrogens with one attached hydrogen (secondary N) is 1. The zero-order valence-corrected chi connectivity index (χ0v) is 13.6. The predicted octanol–water partition coefficient (Wildman–Crippen LogP) is 3.49. The highest BCUT2D eigenvalue weighted by Gasteiger charge is 2.11. The van der Waals surface area contributed by atoms with Gasteiger partial charge >= 0.3 is 0 Å². The van der Waals surface area contributed by atoms with Crippen LogP contribution in [0.4, 0.5) is 5.69 Å². The summed E-state index contributed by atoms with van der Waals surface area (Å²) in [5.74, 6) is 1.27. The highest BCUT2D eigenvalue weighted by atomic mass is 16.5. The molecule has 0 bridgehead atoms. The lowest BCUT2D eigenvalue weighted by Gasteiger charge is -2.11. The molecule has 0 aliphatic heterocycles. The van der Waals surface area contributed by atoms with Crippen molar-refractivity contribution in [1.29, 1.82) is 0 Å². The van der Waals surface area contributed by atoms with Gasteiger partial charge in [0.2, 0.25) is 0 Å². The van der Waals surface area contributed by atoms with Crippen molar-refractivity contribution < 1.29 is 19.0 Å². The number of ether oxygens (including phenoxy) is 3. The van der Waals surface area contributed by atoms with Crippen molar-refractivity contribution in [2.24, 2.45) is 0 Å². The van der Waals surface area contributed by atoms with Gasteiger partial charge in [-0.1, -0.05) is 0 Å². The number of benzene rings is 2. The largest absolute Gasteiger partial charge is 0.497 e. The molecule has 1 amide bonds. The zero-order chi connectivity index (χ0) is 16.7. The van der Waals surface area contributed by atoms with Gasteiger partial charge in [-0.15, -0.1) is 0 Å². The van der Waals surface area contributed by atoms with Crippen molar-refractivity contribution in [2.75, 3.05) is 26.1 Å². The second kappa shape index (κ2) is 8.19. The van der Waals surface area contributed by atoms with Gasteiger partial charge in [-0.3, -0.25) is 4.79 Å². The van der Waals surface area contributed by atoms with Crippen molar-refractivity contribution in [3.8, 4) is 11.5 Å². The molecule has 0 aromatic heterocycles. The minimum atomic E-state index is -0.185. The normalized spacial score (nSPS) is 10.2. The summed E-state index contributed by atoms with van der Waals surface area (Å²) in [7, 11) is 3.20. The van der Waals surface area contributed by atoms with Crippen LogP contribution in [0, 0.1) is 0 Å². The summed E-state index contributed by atoms with van der Waals surface area (Å²) in [6.07, 6.45) is 0. The number of carbonyl (C=O) groups excluding carboxylic acids is 1. The van der Waals surface area contributed by atoms with Crippen LogP contribution in [0.15, 0.2) is 42.5 Å². The maximum Gasteiger partial charge on any atom is 0.255 e. The number of hydrogen-bond donors (Lipinski definition) is 1. The van der Waals surface area contributed by atoms with Gasteiger partial charge in [0.1, 0.15) is 11.5 Å². The van der Waals surface area contributed by atoms with E-state index >= 15 is 0 Å². The number of rotatable bonds is 7. The molecule has 1 N–H and O–H groups in total. The highest BCUT2D eigenvalue weighted by molar-refractivity contribution is 6.04. The Labute approximate surface area is 136 Å². The lowest BCUT2D eigenvalue weighted by atomic mass is 10.1. The molecule has 0 unspecified atom stereocenters. The molecular formula is C18H21NO4. The molecule has 0 aliphatic carbocycles. The van der Waals surface area contributed by atoms with Crippen molar-refractivity contribution in [3.63, 3.8) is 0 Å². The summed E-state index contributed by atoms with van der Waals surface area (Å²) >= 11 is 0. The molecule has 0 aliphatic rings. The summed E-state index contributed by atoms with van der Waals surface area (Å²) in [5, 5.41) is 2.85. The Balaban J connectivity index is 2.14. The van der Waals surface area contributed by atoms with Crippen LogP contribution < -0.4 is 14.8 Å². The highest BCUT2D eigenvalue weighted by Crippen LogP contribution is 2.22. The molecular weight excluding hydrogens is 294 g/mol. The zero-order valence-electron chi connectivity index (χ0n) is 13.6. The van der Waals surface area contributed by atoms with Crippen LogP contribution in [-0.2, 0) is 11.3 Å². The van der Waals surface area contributed by atoms with Gasteiger partial charge in [-0.2, -0.15) is 0 Å². The fourth-order valence-electron chi connectivity index (χ4n) is 2.12. The molecule has 0 fully saturated rings. The van der Waals surface area contributed by atoms with Crippen LogP contribution >= 0.6 is 0 Å². The Hall–Kier alpha value is -2.53. The number of carbonyl (C=O) groups is 1. The summed E-state index contributed by atoms with van der Waals surface area (Å²) < 4.78 is 15.8. The van der Waals surface area contributed by atoms with E-state index in [9.17, 15) is 4.79 Å². The molecule has 5 nitrogen and oxygen atoms in total. The maximum absolute atomic E-state index is 12.4. The van der Waals surface area contributed by atoms with Crippen LogP contribution in [-0.4, -0.2) is 26.7 Å². The molecule has 5 heteroatoms. The Kier molecular flexibility index (Phi) is 6.00. The average molecular weight is 315 g/mol. The topological polar surface area (TPSA) is 56.8 Å². The minimum absolute atomic E-state index is 0.185. The van der Waals surface area contributed by atoms with Crippen molar-refractivity contribution in [2.45, 2.75) is 13.5 Å². The molecule has 2 rings (SSSR count). The van der Waals surface area contributed by atoms with E-state index in [1.54, 1.807) is 56.7 Å². The van der Waals surface area contributed by atoms with E-state index in [0.717, 1.165) is 11.3 Å². The molecule has 0 saturated carbocycles. The Morgan fingerprint density at radius 3 is 2.39 bits per heavy atom. The van der Waals surface area contributed by atoms with Crippen molar-refractivity contribution in [3.05, 3.63) is 53.6 Å². The van der Waals surface area contributed by atoms with Gasteiger partial charge in [0.25, 0.3) is 5.91 Å². The molecule has 0 heterocycles. The molecule has 2 aromatic carbocycles. The minimum Gasteiger partial charge on any atom is -0.497 e. The van der Waals surface area contributed by atoms with Gasteiger partial charge in [-0.05, 0) is 49.4 Å². The Bertz CT molecular complexity index is 653. The van der Waals surface area contributed by atoms with E-state index in [2.05, 4.69) is 5.32 Å². The smallest absolute Gasteiger partial charge is 0.255 e. The molecule has 0 saturated heterocycles. The van der Waals surface area contributed by atoms with Gasteiger partial charge in [0.05, 0.1) is 20.8 Å². The maximum atomic E-state index is 12.4. The van der Waals surface area contributed by atoms with Gasteiger partial charge in [-0.25, -0.2) is 0 Å². The summed E-state index contributed by atoms with van der Waals surface area (Å²) in [5.41, 5.74) is 2.10. The predicted molar refractivity (Wildman–Crippen MR) is 89.3 cm³/mol. The summed E-state index contributed by atoms with van der Waals surface area (Å²) in [6.45, 7) is 2.93. The number of hydrogen-bond acceptors (Lipinski definition) is 4. The second-order valence-electron chi connectivity index (χ2n) is 4.85. The third-order valence-electron chi connectivity index (χ3n) is 3.35. The van der Waals surface area contributed by atoms with E-state index in [0.29, 0.717) is 30.2 Å². The third kappa shape index (κ3) is 4.47. The van der Waals surface area contributed by atoms with Crippen LogP contribution in [0.25, 0.3) is 0 Å². The average Bonchev–Trinajstić information content (AvgIpc) is 2.60. The first kappa shape index (κ1) is 16.8. The van der Waals surface area contributed by atoms with Crippen LogP contribution in [0.1, 0.15) is 22.8 Å². The third-order valence-corrected chi connectivity index (χ3v) is 3.35. The van der Waals surface area contributed by atoms with E-state index < -0.39 is 0 Å². The van der Waals surface area contributed by atoms with Crippen molar-refractivity contribution >= 4 is 11.6 Å². The van der Waals surface area contributed by atoms with E-state index in [1.807, 2.05) is 6.92 Å². The quantitative estimate of drug-likeness (QED) is 0.849. The lowest BCUT2D eigenvalue weighted by Crippen LogP contribution is -2.12. The monoisotopic (exact) mass is 315 g/mol. The number of anilines is 1. The number of amides is 1. The lowest BCUT2D eigenvalue weighted by molar-refractivity contribution is 0.102. The first-order valence-electron chi connectivity index (χ1n) is 7.38. The Morgan fingerprint density at radius 1 is 1.04 bits per heavy atom. The number of methoxy groups -OCH3 is 2. The Morgan fingerprint density at radius 2 is 1.78 bits per heavy atom. The standard InChI is InChI=1S/C18H21NO4/c1-4-23-12-14-11-13(5-10-17(14)22-3)18(20)19-15-6-8-16(21-2)9-7-15/h5-11H,4,12H2,1-3H3,(H,19,20). The molecule has 122 valence electrons. The summed E-state index contributed by atoms with van der Waals surface area (Å²) in [4.78, 5) is 12.4. The van der Waals surface area contributed by atoms with Gasteiger partial charge in [0, 0.05) is 23.4 Å². The SMILES string of the molecule is CCOCc1cc(C(=O)Nc2ccc(OC)cc2)ccc1OC. The first-order chi connectivity index (χ1) is 11.2. The van der Waals surface area contributed by atoms with E-state index in [4.69, 9.17) is 14.2 Å². The van der Waals surface area contributed by atoms with Crippen LogP contribution in [0.2, 0.25) is 0 Å². The fourth-order valence-corrected chi connectivity index (χ4v) is 2.12. The molecule has 0 radical (unpaired) electrons. The van der Waals surface area contributed by atoms with Crippen LogP contribution in [0.5, 0.6) is 11.5 Å². The molecule has 0 atom stereocenters. The van der Waals surface area contributed by atoms with E-state index in [1.165, 1.54) is 0 Å². The first-order valence-corrected chi connectivity index (χ1v) is 7.38.